The van der Waals surface area contributed by atoms with Crippen LogP contribution < -0.4 is 5.32 Å². The molecule has 1 aliphatic heterocycles. The molecule has 0 bridgehead atoms. The fraction of sp³-hybridized carbons (Fsp3) is 0.263. The summed E-state index contributed by atoms with van der Waals surface area (Å²) in [6, 6.07) is 17.6. The summed E-state index contributed by atoms with van der Waals surface area (Å²) in [7, 11) is 0. The number of amides is 2. The number of benzene rings is 2. The van der Waals surface area contributed by atoms with Crippen molar-refractivity contribution in [2.24, 2.45) is 0 Å². The third-order valence-corrected chi connectivity index (χ3v) is 4.01. The van der Waals surface area contributed by atoms with Gasteiger partial charge in [0.05, 0.1) is 13.2 Å². The fourth-order valence-electron chi connectivity index (χ4n) is 2.70. The highest BCUT2D eigenvalue weighted by molar-refractivity contribution is 5.97. The number of ether oxygens (including phenoxy) is 1. The second kappa shape index (κ2) is 7.75. The van der Waals surface area contributed by atoms with Crippen LogP contribution in [0.4, 0.5) is 0 Å². The zero-order valence-corrected chi connectivity index (χ0v) is 13.4. The Kier molecular flexibility index (Phi) is 5.23. The Balaban J connectivity index is 1.82. The van der Waals surface area contributed by atoms with E-state index in [2.05, 4.69) is 5.32 Å². The van der Waals surface area contributed by atoms with Crippen LogP contribution in [0.15, 0.2) is 60.7 Å². The van der Waals surface area contributed by atoms with Gasteiger partial charge in [-0.2, -0.15) is 0 Å². The van der Waals surface area contributed by atoms with Crippen molar-refractivity contribution in [1.29, 1.82) is 0 Å². The summed E-state index contributed by atoms with van der Waals surface area (Å²) < 4.78 is 5.30. The number of nitrogens with zero attached hydrogens (tertiary/aromatic N) is 1. The van der Waals surface area contributed by atoms with Crippen molar-refractivity contribution in [2.45, 2.75) is 6.04 Å². The van der Waals surface area contributed by atoms with Crippen LogP contribution in [0.25, 0.3) is 0 Å². The van der Waals surface area contributed by atoms with Gasteiger partial charge in [-0.1, -0.05) is 48.5 Å². The van der Waals surface area contributed by atoms with Crippen LogP contribution in [0.1, 0.15) is 22.0 Å². The molecule has 1 atom stereocenters. The molecule has 0 saturated carbocycles. The molecule has 1 unspecified atom stereocenters. The van der Waals surface area contributed by atoms with Crippen LogP contribution in [-0.2, 0) is 9.53 Å². The summed E-state index contributed by atoms with van der Waals surface area (Å²) in [5.41, 5.74) is 1.31. The molecule has 5 nitrogen and oxygen atoms in total. The zero-order chi connectivity index (χ0) is 16.8. The van der Waals surface area contributed by atoms with Crippen LogP contribution in [0.5, 0.6) is 0 Å². The lowest BCUT2D eigenvalue weighted by molar-refractivity contribution is -0.137. The number of hydrogen-bond donors (Lipinski definition) is 1. The minimum atomic E-state index is -0.697. The van der Waals surface area contributed by atoms with Crippen LogP contribution in [0.2, 0.25) is 0 Å². The second-order valence-corrected chi connectivity index (χ2v) is 5.62. The number of nitrogens with one attached hydrogen (secondary N) is 1. The lowest BCUT2D eigenvalue weighted by atomic mass is 10.0. The van der Waals surface area contributed by atoms with E-state index in [4.69, 9.17) is 4.74 Å². The molecule has 3 rings (SSSR count). The largest absolute Gasteiger partial charge is 0.378 e. The summed E-state index contributed by atoms with van der Waals surface area (Å²) in [5.74, 6) is -0.361. The van der Waals surface area contributed by atoms with Gasteiger partial charge in [-0.25, -0.2) is 0 Å². The quantitative estimate of drug-likeness (QED) is 0.936. The topological polar surface area (TPSA) is 58.6 Å². The highest BCUT2D eigenvalue weighted by atomic mass is 16.5. The highest BCUT2D eigenvalue weighted by Gasteiger charge is 2.28. The molecule has 1 fully saturated rings. The zero-order valence-electron chi connectivity index (χ0n) is 13.4. The first-order valence-electron chi connectivity index (χ1n) is 8.03. The molecule has 1 N–H and O–H groups in total. The Labute approximate surface area is 141 Å². The summed E-state index contributed by atoms with van der Waals surface area (Å²) in [4.78, 5) is 27.2. The maximum atomic E-state index is 12.9. The van der Waals surface area contributed by atoms with E-state index in [1.165, 1.54) is 0 Å². The first-order chi connectivity index (χ1) is 11.8. The van der Waals surface area contributed by atoms with Crippen molar-refractivity contribution in [3.05, 3.63) is 71.8 Å². The van der Waals surface area contributed by atoms with Gasteiger partial charge in [-0.15, -0.1) is 0 Å². The smallest absolute Gasteiger partial charge is 0.252 e. The van der Waals surface area contributed by atoms with E-state index < -0.39 is 6.04 Å². The molecule has 0 spiro atoms. The Morgan fingerprint density at radius 1 is 0.917 bits per heavy atom. The van der Waals surface area contributed by atoms with Crippen molar-refractivity contribution >= 4 is 11.8 Å². The van der Waals surface area contributed by atoms with Crippen LogP contribution in [0.3, 0.4) is 0 Å². The second-order valence-electron chi connectivity index (χ2n) is 5.62. The maximum absolute atomic E-state index is 12.9. The summed E-state index contributed by atoms with van der Waals surface area (Å²) in [6.45, 7) is 2.15. The first-order valence-corrected chi connectivity index (χ1v) is 8.03. The molecule has 24 heavy (non-hydrogen) atoms. The van der Waals surface area contributed by atoms with Crippen LogP contribution in [-0.4, -0.2) is 43.0 Å². The van der Waals surface area contributed by atoms with Gasteiger partial charge in [0, 0.05) is 18.7 Å². The fourth-order valence-corrected chi connectivity index (χ4v) is 2.70. The lowest BCUT2D eigenvalue weighted by Crippen LogP contribution is -2.47. The Morgan fingerprint density at radius 3 is 2.12 bits per heavy atom. The average molecular weight is 324 g/mol. The molecule has 5 heteroatoms. The predicted molar refractivity (Wildman–Crippen MR) is 90.5 cm³/mol. The van der Waals surface area contributed by atoms with E-state index in [-0.39, 0.29) is 11.8 Å². The molecule has 1 saturated heterocycles. The monoisotopic (exact) mass is 324 g/mol. The van der Waals surface area contributed by atoms with Gasteiger partial charge < -0.3 is 15.0 Å². The molecule has 2 aromatic rings. The molecule has 2 amide bonds. The van der Waals surface area contributed by atoms with E-state index in [1.54, 1.807) is 29.2 Å². The molecule has 0 aromatic heterocycles. The summed E-state index contributed by atoms with van der Waals surface area (Å²) in [6.07, 6.45) is 0. The number of rotatable bonds is 4. The van der Waals surface area contributed by atoms with Crippen molar-refractivity contribution in [3.63, 3.8) is 0 Å². The highest BCUT2D eigenvalue weighted by Crippen LogP contribution is 2.17. The maximum Gasteiger partial charge on any atom is 0.252 e. The molecular weight excluding hydrogens is 304 g/mol. The molecule has 1 heterocycles. The van der Waals surface area contributed by atoms with E-state index in [9.17, 15) is 9.59 Å². The van der Waals surface area contributed by atoms with Gasteiger partial charge in [0.2, 0.25) is 5.91 Å². The Bertz CT molecular complexity index is 682. The normalized spacial score (nSPS) is 15.6. The Morgan fingerprint density at radius 2 is 1.50 bits per heavy atom. The third kappa shape index (κ3) is 3.81. The summed E-state index contributed by atoms with van der Waals surface area (Å²) >= 11 is 0. The van der Waals surface area contributed by atoms with Crippen molar-refractivity contribution in [1.82, 2.24) is 10.2 Å². The van der Waals surface area contributed by atoms with Crippen molar-refractivity contribution < 1.29 is 14.3 Å². The van der Waals surface area contributed by atoms with E-state index in [0.29, 0.717) is 31.9 Å². The number of carbonyl (C=O) groups excluding carboxylic acids is 2. The minimum Gasteiger partial charge on any atom is -0.378 e. The lowest BCUT2D eigenvalue weighted by Gasteiger charge is -2.31. The van der Waals surface area contributed by atoms with Gasteiger partial charge in [-0.05, 0) is 17.7 Å². The standard InChI is InChI=1S/C19H20N2O3/c22-18(16-9-5-2-6-10-16)20-17(15-7-3-1-4-8-15)19(23)21-11-13-24-14-12-21/h1-10,17H,11-14H2,(H,20,22). The van der Waals surface area contributed by atoms with E-state index in [0.717, 1.165) is 5.56 Å². The van der Waals surface area contributed by atoms with Gasteiger partial charge in [0.25, 0.3) is 5.91 Å². The van der Waals surface area contributed by atoms with Gasteiger partial charge in [-0.3, -0.25) is 9.59 Å². The number of morpholine rings is 1. The van der Waals surface area contributed by atoms with Crippen molar-refractivity contribution in [3.8, 4) is 0 Å². The van der Waals surface area contributed by atoms with Gasteiger partial charge >= 0.3 is 0 Å². The van der Waals surface area contributed by atoms with Crippen LogP contribution in [0, 0.1) is 0 Å². The first kappa shape index (κ1) is 16.2. The molecule has 2 aromatic carbocycles. The predicted octanol–water partition coefficient (Wildman–Crippen LogP) is 2.02. The molecule has 0 aliphatic carbocycles. The molecular formula is C19H20N2O3. The molecule has 0 radical (unpaired) electrons. The minimum absolute atomic E-state index is 0.103. The molecule has 124 valence electrons. The summed E-state index contributed by atoms with van der Waals surface area (Å²) in [5, 5.41) is 2.88. The molecule has 1 aliphatic rings. The van der Waals surface area contributed by atoms with E-state index in [1.807, 2.05) is 36.4 Å². The van der Waals surface area contributed by atoms with Crippen LogP contribution >= 0.6 is 0 Å². The number of carbonyl (C=O) groups is 2. The SMILES string of the molecule is O=C(NC(C(=O)N1CCOCC1)c1ccccc1)c1ccccc1. The van der Waals surface area contributed by atoms with Gasteiger partial charge in [0.15, 0.2) is 0 Å². The Hall–Kier alpha value is -2.66. The average Bonchev–Trinajstić information content (AvgIpc) is 2.67. The van der Waals surface area contributed by atoms with Crippen molar-refractivity contribution in [2.75, 3.05) is 26.3 Å². The van der Waals surface area contributed by atoms with Gasteiger partial charge in [0.1, 0.15) is 6.04 Å². The van der Waals surface area contributed by atoms with E-state index >= 15 is 0 Å². The number of hydrogen-bond acceptors (Lipinski definition) is 3. The third-order valence-electron chi connectivity index (χ3n) is 4.01.